The molecule has 0 saturated heterocycles. The largest absolute Gasteiger partial charge is 0.309 e. The Kier molecular flexibility index (Phi) is 8.53. The fourth-order valence-corrected chi connectivity index (χ4v) is 1.68. The second kappa shape index (κ2) is 8.55. The van der Waals surface area contributed by atoms with Crippen molar-refractivity contribution in [1.29, 1.82) is 0 Å². The SMILES string of the molecule is CCCCCC(CC)CCN(C)C. The maximum absolute atomic E-state index is 2.33. The summed E-state index contributed by atoms with van der Waals surface area (Å²) in [5.74, 6) is 0.967. The molecular formula is C12H27N. The Morgan fingerprint density at radius 3 is 2.15 bits per heavy atom. The molecular weight excluding hydrogens is 158 g/mol. The van der Waals surface area contributed by atoms with E-state index in [0.29, 0.717) is 0 Å². The third-order valence-corrected chi connectivity index (χ3v) is 2.78. The van der Waals surface area contributed by atoms with Gasteiger partial charge in [-0.15, -0.1) is 0 Å². The molecule has 0 N–H and O–H groups in total. The molecule has 80 valence electrons. The third kappa shape index (κ3) is 8.29. The van der Waals surface area contributed by atoms with E-state index in [1.54, 1.807) is 0 Å². The maximum atomic E-state index is 2.33. The number of hydrogen-bond donors (Lipinski definition) is 0. The molecule has 1 atom stereocenters. The first-order valence-electron chi connectivity index (χ1n) is 5.85. The van der Waals surface area contributed by atoms with Crippen LogP contribution in [0.4, 0.5) is 0 Å². The van der Waals surface area contributed by atoms with Crippen molar-refractivity contribution >= 4 is 0 Å². The van der Waals surface area contributed by atoms with Crippen LogP contribution in [0, 0.1) is 5.92 Å². The van der Waals surface area contributed by atoms with Crippen molar-refractivity contribution in [2.75, 3.05) is 20.6 Å². The number of rotatable bonds is 8. The summed E-state index contributed by atoms with van der Waals surface area (Å²) in [6.07, 6.45) is 8.38. The second-order valence-corrected chi connectivity index (χ2v) is 4.36. The molecule has 0 aromatic heterocycles. The van der Waals surface area contributed by atoms with E-state index in [1.807, 2.05) is 0 Å². The Bertz CT molecular complexity index is 99.3. The molecule has 1 nitrogen and oxygen atoms in total. The van der Waals surface area contributed by atoms with Crippen LogP contribution in [-0.4, -0.2) is 25.5 Å². The highest BCUT2D eigenvalue weighted by Crippen LogP contribution is 2.17. The highest BCUT2D eigenvalue weighted by molar-refractivity contribution is 4.59. The molecule has 1 heteroatoms. The predicted molar refractivity (Wildman–Crippen MR) is 61.1 cm³/mol. The van der Waals surface area contributed by atoms with E-state index in [0.717, 1.165) is 5.92 Å². The van der Waals surface area contributed by atoms with Crippen molar-refractivity contribution in [2.24, 2.45) is 5.92 Å². The van der Waals surface area contributed by atoms with Crippen LogP contribution in [0.5, 0.6) is 0 Å². The van der Waals surface area contributed by atoms with Gasteiger partial charge in [-0.3, -0.25) is 0 Å². The molecule has 0 amide bonds. The van der Waals surface area contributed by atoms with Gasteiger partial charge in [-0.25, -0.2) is 0 Å². The first kappa shape index (κ1) is 13.0. The zero-order valence-electron chi connectivity index (χ0n) is 9.97. The van der Waals surface area contributed by atoms with E-state index in [1.165, 1.54) is 45.1 Å². The molecule has 0 spiro atoms. The summed E-state index contributed by atoms with van der Waals surface area (Å²) in [6.45, 7) is 5.86. The number of hydrogen-bond acceptors (Lipinski definition) is 1. The topological polar surface area (TPSA) is 3.24 Å². The summed E-state index contributed by atoms with van der Waals surface area (Å²) in [6, 6.07) is 0. The molecule has 0 saturated carbocycles. The van der Waals surface area contributed by atoms with Crippen molar-refractivity contribution < 1.29 is 0 Å². The number of unbranched alkanes of at least 4 members (excludes halogenated alkanes) is 2. The molecule has 1 unspecified atom stereocenters. The summed E-state index contributed by atoms with van der Waals surface area (Å²) < 4.78 is 0. The van der Waals surface area contributed by atoms with Gasteiger partial charge in [0.2, 0.25) is 0 Å². The van der Waals surface area contributed by atoms with Gasteiger partial charge in [0.05, 0.1) is 0 Å². The molecule has 0 aliphatic rings. The van der Waals surface area contributed by atoms with Crippen LogP contribution < -0.4 is 0 Å². The van der Waals surface area contributed by atoms with Gasteiger partial charge < -0.3 is 4.90 Å². The molecule has 0 rings (SSSR count). The third-order valence-electron chi connectivity index (χ3n) is 2.78. The van der Waals surface area contributed by atoms with E-state index >= 15 is 0 Å². The van der Waals surface area contributed by atoms with Gasteiger partial charge >= 0.3 is 0 Å². The van der Waals surface area contributed by atoms with Gasteiger partial charge in [-0.05, 0) is 33.0 Å². The van der Waals surface area contributed by atoms with Gasteiger partial charge in [-0.1, -0.05) is 46.0 Å². The van der Waals surface area contributed by atoms with Crippen LogP contribution in [0.3, 0.4) is 0 Å². The van der Waals surface area contributed by atoms with E-state index < -0.39 is 0 Å². The van der Waals surface area contributed by atoms with Gasteiger partial charge in [0, 0.05) is 0 Å². The van der Waals surface area contributed by atoms with Gasteiger partial charge in [0.15, 0.2) is 0 Å². The minimum absolute atomic E-state index is 0.967. The van der Waals surface area contributed by atoms with Gasteiger partial charge in [-0.2, -0.15) is 0 Å². The fourth-order valence-electron chi connectivity index (χ4n) is 1.68. The minimum Gasteiger partial charge on any atom is -0.309 e. The zero-order chi connectivity index (χ0) is 10.1. The standard InChI is InChI=1S/C12H27N/c1-5-7-8-9-12(6-2)10-11-13(3)4/h12H,5-11H2,1-4H3. The lowest BCUT2D eigenvalue weighted by Crippen LogP contribution is -2.16. The summed E-state index contributed by atoms with van der Waals surface area (Å²) in [7, 11) is 4.33. The fraction of sp³-hybridized carbons (Fsp3) is 1.00. The van der Waals surface area contributed by atoms with Gasteiger partial charge in [0.25, 0.3) is 0 Å². The lowest BCUT2D eigenvalue weighted by molar-refractivity contribution is 0.328. The second-order valence-electron chi connectivity index (χ2n) is 4.36. The molecule has 0 fully saturated rings. The molecule has 0 aromatic rings. The molecule has 0 radical (unpaired) electrons. The lowest BCUT2D eigenvalue weighted by Gasteiger charge is -2.17. The molecule has 0 aliphatic carbocycles. The van der Waals surface area contributed by atoms with E-state index in [4.69, 9.17) is 0 Å². The Balaban J connectivity index is 3.39. The molecule has 0 aromatic carbocycles. The zero-order valence-corrected chi connectivity index (χ0v) is 9.97. The Labute approximate surface area is 84.5 Å². The highest BCUT2D eigenvalue weighted by atomic mass is 15.0. The normalized spacial score (nSPS) is 13.6. The maximum Gasteiger partial charge on any atom is -0.00222 e. The summed E-state index contributed by atoms with van der Waals surface area (Å²) in [5, 5.41) is 0. The van der Waals surface area contributed by atoms with Crippen molar-refractivity contribution in [2.45, 2.75) is 52.4 Å². The number of nitrogens with zero attached hydrogens (tertiary/aromatic N) is 1. The first-order valence-corrected chi connectivity index (χ1v) is 5.85. The smallest absolute Gasteiger partial charge is 0.00222 e. The molecule has 0 heterocycles. The average Bonchev–Trinajstić information content (AvgIpc) is 2.10. The van der Waals surface area contributed by atoms with E-state index in [-0.39, 0.29) is 0 Å². The van der Waals surface area contributed by atoms with Gasteiger partial charge in [0.1, 0.15) is 0 Å². The summed E-state index contributed by atoms with van der Waals surface area (Å²) in [4.78, 5) is 2.29. The summed E-state index contributed by atoms with van der Waals surface area (Å²) in [5.41, 5.74) is 0. The van der Waals surface area contributed by atoms with Crippen LogP contribution in [0.25, 0.3) is 0 Å². The van der Waals surface area contributed by atoms with Crippen molar-refractivity contribution in [3.05, 3.63) is 0 Å². The minimum atomic E-state index is 0.967. The molecule has 13 heavy (non-hydrogen) atoms. The highest BCUT2D eigenvalue weighted by Gasteiger charge is 2.05. The van der Waals surface area contributed by atoms with Crippen LogP contribution in [0.15, 0.2) is 0 Å². The van der Waals surface area contributed by atoms with E-state index in [9.17, 15) is 0 Å². The Morgan fingerprint density at radius 1 is 1.00 bits per heavy atom. The lowest BCUT2D eigenvalue weighted by atomic mass is 9.95. The van der Waals surface area contributed by atoms with Crippen LogP contribution >= 0.6 is 0 Å². The van der Waals surface area contributed by atoms with Crippen molar-refractivity contribution in [3.8, 4) is 0 Å². The average molecular weight is 185 g/mol. The summed E-state index contributed by atoms with van der Waals surface area (Å²) >= 11 is 0. The predicted octanol–water partition coefficient (Wildman–Crippen LogP) is 3.54. The van der Waals surface area contributed by atoms with Crippen molar-refractivity contribution in [3.63, 3.8) is 0 Å². The Hall–Kier alpha value is -0.0400. The monoisotopic (exact) mass is 185 g/mol. The van der Waals surface area contributed by atoms with Crippen LogP contribution in [0.2, 0.25) is 0 Å². The quantitative estimate of drug-likeness (QED) is 0.523. The Morgan fingerprint density at radius 2 is 1.69 bits per heavy atom. The van der Waals surface area contributed by atoms with Crippen LogP contribution in [-0.2, 0) is 0 Å². The molecule has 0 aliphatic heterocycles. The van der Waals surface area contributed by atoms with Crippen molar-refractivity contribution in [1.82, 2.24) is 4.90 Å². The van der Waals surface area contributed by atoms with Crippen LogP contribution in [0.1, 0.15) is 52.4 Å². The first-order chi connectivity index (χ1) is 6.20. The van der Waals surface area contributed by atoms with E-state index in [2.05, 4.69) is 32.8 Å². The molecule has 0 bridgehead atoms.